The van der Waals surface area contributed by atoms with E-state index in [0.717, 1.165) is 17.8 Å². The first kappa shape index (κ1) is 17.6. The van der Waals surface area contributed by atoms with Crippen molar-refractivity contribution in [3.05, 3.63) is 64.7 Å². The molecule has 1 saturated heterocycles. The Kier molecular flexibility index (Phi) is 5.44. The first-order valence-electron chi connectivity index (χ1n) is 7.53. The van der Waals surface area contributed by atoms with Crippen molar-refractivity contribution >= 4 is 23.2 Å². The summed E-state index contributed by atoms with van der Waals surface area (Å²) in [6, 6.07) is 9.59. The first-order valence-corrected chi connectivity index (χ1v) is 7.90. The maximum Gasteiger partial charge on any atom is 0.242 e. The van der Waals surface area contributed by atoms with Crippen LogP contribution in [0.3, 0.4) is 0 Å². The molecule has 2 aromatic rings. The third kappa shape index (κ3) is 4.43. The van der Waals surface area contributed by atoms with E-state index >= 15 is 0 Å². The molecule has 6 nitrogen and oxygen atoms in total. The van der Waals surface area contributed by atoms with Gasteiger partial charge in [0, 0.05) is 28.9 Å². The van der Waals surface area contributed by atoms with Crippen molar-refractivity contribution in [2.24, 2.45) is 0 Å². The summed E-state index contributed by atoms with van der Waals surface area (Å²) in [7, 11) is 0. The Balaban J connectivity index is 1.59. The average Bonchev–Trinajstić information content (AvgIpc) is 3.04. The van der Waals surface area contributed by atoms with Gasteiger partial charge in [0.2, 0.25) is 5.91 Å². The Morgan fingerprint density at radius 2 is 1.88 bits per heavy atom. The maximum absolute atomic E-state index is 13.6. The van der Waals surface area contributed by atoms with E-state index in [-0.39, 0.29) is 18.0 Å². The minimum absolute atomic E-state index is 0.0448. The molecule has 0 aromatic heterocycles. The molecule has 2 aromatic carbocycles. The second-order valence-electron chi connectivity index (χ2n) is 5.47. The lowest BCUT2D eigenvalue weighted by molar-refractivity contribution is -0.123. The molecule has 0 spiro atoms. The van der Waals surface area contributed by atoms with Crippen LogP contribution in [0.1, 0.15) is 5.56 Å². The Morgan fingerprint density at radius 3 is 2.60 bits per heavy atom. The van der Waals surface area contributed by atoms with Crippen LogP contribution in [-0.4, -0.2) is 18.1 Å². The van der Waals surface area contributed by atoms with Crippen LogP contribution in [0.5, 0.6) is 0 Å². The topological polar surface area (TPSA) is 77.2 Å². The van der Waals surface area contributed by atoms with E-state index in [1.54, 1.807) is 24.3 Å². The number of carbonyl (C=O) groups excluding carboxylic acids is 1. The largest absolute Gasteiger partial charge is 0.367 e. The molecule has 1 aliphatic rings. The van der Waals surface area contributed by atoms with Gasteiger partial charge in [0.25, 0.3) is 0 Å². The van der Waals surface area contributed by atoms with Crippen LogP contribution >= 0.6 is 11.6 Å². The summed E-state index contributed by atoms with van der Waals surface area (Å²) in [6.45, 7) is -0.0448. The van der Waals surface area contributed by atoms with E-state index in [2.05, 4.69) is 27.0 Å². The van der Waals surface area contributed by atoms with Gasteiger partial charge < -0.3 is 10.6 Å². The zero-order valence-electron chi connectivity index (χ0n) is 12.9. The van der Waals surface area contributed by atoms with Crippen LogP contribution < -0.4 is 27.0 Å². The number of anilines is 1. The van der Waals surface area contributed by atoms with Crippen LogP contribution in [-0.2, 0) is 11.3 Å². The second-order valence-corrected chi connectivity index (χ2v) is 5.91. The molecule has 1 fully saturated rings. The lowest BCUT2D eigenvalue weighted by atomic mass is 10.1. The Bertz CT molecular complexity index is 759. The van der Waals surface area contributed by atoms with Gasteiger partial charge in [-0.1, -0.05) is 17.7 Å². The number of nitrogens with one attached hydrogen (secondary N) is 5. The minimum Gasteiger partial charge on any atom is -0.367 e. The fourth-order valence-electron chi connectivity index (χ4n) is 2.38. The number of halogens is 3. The van der Waals surface area contributed by atoms with Gasteiger partial charge in [0.05, 0.1) is 0 Å². The lowest BCUT2D eigenvalue weighted by Gasteiger charge is -2.20. The van der Waals surface area contributed by atoms with E-state index in [4.69, 9.17) is 11.6 Å². The summed E-state index contributed by atoms with van der Waals surface area (Å²) in [5.74, 6) is -1.72. The number of carbonyl (C=O) groups is 1. The third-order valence-electron chi connectivity index (χ3n) is 3.71. The molecule has 3 rings (SSSR count). The fraction of sp³-hybridized carbons (Fsp3) is 0.188. The van der Waals surface area contributed by atoms with Crippen LogP contribution in [0.25, 0.3) is 0 Å². The van der Waals surface area contributed by atoms with Gasteiger partial charge in [-0.3, -0.25) is 4.79 Å². The summed E-state index contributed by atoms with van der Waals surface area (Å²) in [6.07, 6.45) is -0.445. The number of rotatable bonds is 5. The van der Waals surface area contributed by atoms with Gasteiger partial charge in [-0.05, 0) is 30.3 Å². The van der Waals surface area contributed by atoms with Gasteiger partial charge in [0.15, 0.2) is 0 Å². The monoisotopic (exact) mass is 367 g/mol. The Hall–Kier alpha value is -2.26. The smallest absolute Gasteiger partial charge is 0.242 e. The van der Waals surface area contributed by atoms with E-state index in [9.17, 15) is 13.6 Å². The zero-order chi connectivity index (χ0) is 17.8. The predicted octanol–water partition coefficient (Wildman–Crippen LogP) is 1.65. The summed E-state index contributed by atoms with van der Waals surface area (Å²) in [4.78, 5) is 12.3. The highest BCUT2D eigenvalue weighted by Crippen LogP contribution is 2.15. The van der Waals surface area contributed by atoms with E-state index in [0.29, 0.717) is 5.02 Å². The number of hydrogen-bond acceptors (Lipinski definition) is 5. The van der Waals surface area contributed by atoms with Crippen molar-refractivity contribution in [1.29, 1.82) is 0 Å². The quantitative estimate of drug-likeness (QED) is 0.555. The van der Waals surface area contributed by atoms with Gasteiger partial charge in [-0.25, -0.2) is 19.6 Å². The normalized spacial score (nSPS) is 19.6. The minimum atomic E-state index is -0.702. The molecule has 9 heteroatoms. The highest BCUT2D eigenvalue weighted by molar-refractivity contribution is 6.30. The third-order valence-corrected chi connectivity index (χ3v) is 3.96. The van der Waals surface area contributed by atoms with Crippen molar-refractivity contribution in [3.8, 4) is 0 Å². The summed E-state index contributed by atoms with van der Waals surface area (Å²) in [5.41, 5.74) is 9.32. The molecular weight excluding hydrogens is 352 g/mol. The van der Waals surface area contributed by atoms with Gasteiger partial charge >= 0.3 is 0 Å². The first-order chi connectivity index (χ1) is 12.0. The van der Waals surface area contributed by atoms with Crippen molar-refractivity contribution < 1.29 is 13.6 Å². The van der Waals surface area contributed by atoms with Crippen LogP contribution in [0, 0.1) is 11.6 Å². The van der Waals surface area contributed by atoms with E-state index < -0.39 is 23.8 Å². The molecule has 0 bridgehead atoms. The molecule has 25 heavy (non-hydrogen) atoms. The van der Waals surface area contributed by atoms with Gasteiger partial charge in [0.1, 0.15) is 23.8 Å². The summed E-state index contributed by atoms with van der Waals surface area (Å²) in [5, 5.41) is 6.37. The zero-order valence-corrected chi connectivity index (χ0v) is 13.7. The van der Waals surface area contributed by atoms with Gasteiger partial charge in [-0.2, -0.15) is 5.53 Å². The molecule has 1 amide bonds. The molecule has 1 heterocycles. The van der Waals surface area contributed by atoms with E-state index in [1.165, 1.54) is 6.07 Å². The molecule has 0 saturated carbocycles. The Labute approximate surface area is 147 Å². The van der Waals surface area contributed by atoms with Crippen molar-refractivity contribution in [1.82, 2.24) is 21.7 Å². The number of amides is 1. The standard InChI is InChI=1S/C16H16ClF2N5O/c17-10-2-5-12(6-3-10)21-15-14(22-24-23-15)16(25)20-8-9-1-4-11(18)7-13(9)19/h1-7,14-15,21-24H,8H2,(H,20,25). The van der Waals surface area contributed by atoms with Crippen LogP contribution in [0.4, 0.5) is 14.5 Å². The van der Waals surface area contributed by atoms with Crippen LogP contribution in [0.2, 0.25) is 5.02 Å². The molecule has 0 aliphatic carbocycles. The molecule has 5 N–H and O–H groups in total. The molecular formula is C16H16ClF2N5O. The second kappa shape index (κ2) is 7.75. The molecule has 2 unspecified atom stereocenters. The van der Waals surface area contributed by atoms with Gasteiger partial charge in [-0.15, -0.1) is 0 Å². The lowest BCUT2D eigenvalue weighted by Crippen LogP contribution is -2.50. The number of hydrazine groups is 2. The maximum atomic E-state index is 13.6. The Morgan fingerprint density at radius 1 is 1.12 bits per heavy atom. The fourth-order valence-corrected chi connectivity index (χ4v) is 2.51. The molecule has 2 atom stereocenters. The molecule has 0 radical (unpaired) electrons. The highest BCUT2D eigenvalue weighted by Gasteiger charge is 2.32. The van der Waals surface area contributed by atoms with Crippen LogP contribution in [0.15, 0.2) is 42.5 Å². The van der Waals surface area contributed by atoms with Crippen molar-refractivity contribution in [3.63, 3.8) is 0 Å². The summed E-state index contributed by atoms with van der Waals surface area (Å²) >= 11 is 5.84. The average molecular weight is 368 g/mol. The van der Waals surface area contributed by atoms with Crippen molar-refractivity contribution in [2.45, 2.75) is 18.8 Å². The molecule has 132 valence electrons. The highest BCUT2D eigenvalue weighted by atomic mass is 35.5. The number of hydrogen-bond donors (Lipinski definition) is 5. The SMILES string of the molecule is O=C(NCc1ccc(F)cc1F)C1NNNC1Nc1ccc(Cl)cc1. The predicted molar refractivity (Wildman–Crippen MR) is 90.3 cm³/mol. The number of benzene rings is 2. The molecule has 1 aliphatic heterocycles. The summed E-state index contributed by atoms with van der Waals surface area (Å²) < 4.78 is 26.5. The van der Waals surface area contributed by atoms with E-state index in [1.807, 2.05) is 0 Å². The van der Waals surface area contributed by atoms with Crippen molar-refractivity contribution in [2.75, 3.05) is 5.32 Å².